The third-order valence-corrected chi connectivity index (χ3v) is 1.81. The predicted molar refractivity (Wildman–Crippen MR) is 49.3 cm³/mol. The van der Waals surface area contributed by atoms with Crippen molar-refractivity contribution in [3.63, 3.8) is 0 Å². The molecule has 0 radical (unpaired) electrons. The van der Waals surface area contributed by atoms with E-state index in [0.29, 0.717) is 11.8 Å². The second-order valence-electron chi connectivity index (χ2n) is 2.89. The maximum atomic E-state index is 5.87. The van der Waals surface area contributed by atoms with Gasteiger partial charge in [-0.1, -0.05) is 6.07 Å². The van der Waals surface area contributed by atoms with Crippen LogP contribution in [0.15, 0.2) is 28.8 Å². The molecule has 0 aliphatic carbocycles. The number of nitrogens with zero attached hydrogens (tertiary/aromatic N) is 3. The molecule has 0 spiro atoms. The molecule has 0 aliphatic rings. The summed E-state index contributed by atoms with van der Waals surface area (Å²) in [6, 6.07) is 5.07. The van der Waals surface area contributed by atoms with Crippen molar-refractivity contribution >= 4 is 0 Å². The molecule has 0 aliphatic heterocycles. The van der Waals surface area contributed by atoms with E-state index in [0.717, 1.165) is 5.69 Å². The first-order valence-electron chi connectivity index (χ1n) is 4.24. The quantitative estimate of drug-likeness (QED) is 0.758. The molecule has 2 aromatic rings. The molecule has 0 bridgehead atoms. The van der Waals surface area contributed by atoms with Gasteiger partial charge in [0.2, 0.25) is 11.8 Å². The molecule has 2 heterocycles. The highest BCUT2D eigenvalue weighted by molar-refractivity contribution is 5.14. The minimum Gasteiger partial charge on any atom is -0.423 e. The van der Waals surface area contributed by atoms with Gasteiger partial charge in [-0.2, -0.15) is 0 Å². The van der Waals surface area contributed by atoms with Crippen LogP contribution in [0, 0.1) is 6.92 Å². The third-order valence-electron chi connectivity index (χ3n) is 1.81. The first-order chi connectivity index (χ1) is 6.77. The fraction of sp³-hybridized carbons (Fsp3) is 0.222. The molecular weight excluding hydrogens is 180 g/mol. The molecular formula is C9H10N4O. The molecule has 2 N–H and O–H groups in total. The van der Waals surface area contributed by atoms with Gasteiger partial charge < -0.3 is 10.2 Å². The molecule has 5 heteroatoms. The Morgan fingerprint density at radius 3 is 2.79 bits per heavy atom. The monoisotopic (exact) mass is 190 g/mol. The summed E-state index contributed by atoms with van der Waals surface area (Å²) in [6.07, 6.45) is 1.68. The number of aromatic nitrogens is 3. The summed E-state index contributed by atoms with van der Waals surface area (Å²) in [6.45, 7) is 1.72. The van der Waals surface area contributed by atoms with Gasteiger partial charge in [-0.3, -0.25) is 4.98 Å². The van der Waals surface area contributed by atoms with E-state index in [9.17, 15) is 0 Å². The van der Waals surface area contributed by atoms with E-state index in [4.69, 9.17) is 10.2 Å². The van der Waals surface area contributed by atoms with Crippen molar-refractivity contribution in [3.8, 4) is 0 Å². The lowest BCUT2D eigenvalue weighted by atomic mass is 10.2. The average molecular weight is 190 g/mol. The third kappa shape index (κ3) is 1.62. The molecule has 72 valence electrons. The van der Waals surface area contributed by atoms with Gasteiger partial charge >= 0.3 is 0 Å². The maximum Gasteiger partial charge on any atom is 0.239 e. The van der Waals surface area contributed by atoms with Crippen molar-refractivity contribution in [1.82, 2.24) is 15.2 Å². The van der Waals surface area contributed by atoms with Crippen LogP contribution >= 0.6 is 0 Å². The second kappa shape index (κ2) is 3.55. The minimum atomic E-state index is -0.447. The highest BCUT2D eigenvalue weighted by Gasteiger charge is 2.15. The van der Waals surface area contributed by atoms with Crippen LogP contribution in [0.4, 0.5) is 0 Å². The van der Waals surface area contributed by atoms with Crippen molar-refractivity contribution in [2.75, 3.05) is 0 Å². The van der Waals surface area contributed by atoms with Gasteiger partial charge in [-0.25, -0.2) is 0 Å². The van der Waals surface area contributed by atoms with Gasteiger partial charge in [-0.05, 0) is 12.1 Å². The molecule has 0 amide bonds. The molecule has 0 fully saturated rings. The summed E-state index contributed by atoms with van der Waals surface area (Å²) >= 11 is 0. The summed E-state index contributed by atoms with van der Waals surface area (Å²) in [7, 11) is 0. The molecule has 0 saturated heterocycles. The summed E-state index contributed by atoms with van der Waals surface area (Å²) in [5.74, 6) is 0.896. The first kappa shape index (κ1) is 8.83. The Labute approximate surface area is 81.0 Å². The Balaban J connectivity index is 2.29. The Bertz CT molecular complexity index is 412. The van der Waals surface area contributed by atoms with Crippen molar-refractivity contribution < 1.29 is 4.42 Å². The van der Waals surface area contributed by atoms with Gasteiger partial charge in [0.15, 0.2) is 0 Å². The fourth-order valence-electron chi connectivity index (χ4n) is 1.12. The zero-order chi connectivity index (χ0) is 9.97. The van der Waals surface area contributed by atoms with Gasteiger partial charge in [0.25, 0.3) is 0 Å². The van der Waals surface area contributed by atoms with Crippen molar-refractivity contribution in [2.24, 2.45) is 5.73 Å². The van der Waals surface area contributed by atoms with E-state index in [1.54, 1.807) is 13.1 Å². The Morgan fingerprint density at radius 2 is 2.21 bits per heavy atom. The van der Waals surface area contributed by atoms with Crippen LogP contribution in [0.3, 0.4) is 0 Å². The molecule has 0 saturated carbocycles. The van der Waals surface area contributed by atoms with Crippen LogP contribution in [-0.4, -0.2) is 15.2 Å². The van der Waals surface area contributed by atoms with E-state index < -0.39 is 6.04 Å². The average Bonchev–Trinajstić information content (AvgIpc) is 2.65. The van der Waals surface area contributed by atoms with E-state index in [1.165, 1.54) is 0 Å². The van der Waals surface area contributed by atoms with E-state index in [1.807, 2.05) is 18.2 Å². The van der Waals surface area contributed by atoms with E-state index in [2.05, 4.69) is 15.2 Å². The van der Waals surface area contributed by atoms with Crippen LogP contribution in [0.25, 0.3) is 0 Å². The molecule has 2 rings (SSSR count). The first-order valence-corrected chi connectivity index (χ1v) is 4.24. The van der Waals surface area contributed by atoms with Gasteiger partial charge in [0.05, 0.1) is 5.69 Å². The number of hydrogen-bond donors (Lipinski definition) is 1. The second-order valence-corrected chi connectivity index (χ2v) is 2.89. The fourth-order valence-corrected chi connectivity index (χ4v) is 1.12. The molecule has 2 aromatic heterocycles. The summed E-state index contributed by atoms with van der Waals surface area (Å²) in [5.41, 5.74) is 6.59. The lowest BCUT2D eigenvalue weighted by Crippen LogP contribution is -2.13. The number of aryl methyl sites for hydroxylation is 1. The molecule has 1 atom stereocenters. The number of hydrogen-bond acceptors (Lipinski definition) is 5. The van der Waals surface area contributed by atoms with Crippen molar-refractivity contribution in [2.45, 2.75) is 13.0 Å². The Morgan fingerprint density at radius 1 is 1.36 bits per heavy atom. The molecule has 5 nitrogen and oxygen atoms in total. The van der Waals surface area contributed by atoms with Crippen LogP contribution < -0.4 is 5.73 Å². The van der Waals surface area contributed by atoms with Crippen LogP contribution in [0.1, 0.15) is 23.5 Å². The van der Waals surface area contributed by atoms with Crippen LogP contribution in [0.5, 0.6) is 0 Å². The molecule has 14 heavy (non-hydrogen) atoms. The number of rotatable bonds is 2. The highest BCUT2D eigenvalue weighted by atomic mass is 16.4. The van der Waals surface area contributed by atoms with Crippen molar-refractivity contribution in [3.05, 3.63) is 41.9 Å². The van der Waals surface area contributed by atoms with Gasteiger partial charge in [-0.15, -0.1) is 10.2 Å². The summed E-state index contributed by atoms with van der Waals surface area (Å²) in [4.78, 5) is 4.11. The Kier molecular flexibility index (Phi) is 2.24. The normalized spacial score (nSPS) is 12.7. The largest absolute Gasteiger partial charge is 0.423 e. The van der Waals surface area contributed by atoms with E-state index in [-0.39, 0.29) is 0 Å². The lowest BCUT2D eigenvalue weighted by molar-refractivity contribution is 0.447. The van der Waals surface area contributed by atoms with E-state index >= 15 is 0 Å². The topological polar surface area (TPSA) is 77.8 Å². The van der Waals surface area contributed by atoms with Gasteiger partial charge in [0.1, 0.15) is 6.04 Å². The van der Waals surface area contributed by atoms with Crippen molar-refractivity contribution in [1.29, 1.82) is 0 Å². The summed E-state index contributed by atoms with van der Waals surface area (Å²) < 4.78 is 5.21. The standard InChI is InChI=1S/C9H10N4O/c1-6-12-13-9(14-6)8(10)7-4-2-3-5-11-7/h2-5,8H,10H2,1H3. The Hall–Kier alpha value is -1.75. The zero-order valence-electron chi connectivity index (χ0n) is 7.71. The minimum absolute atomic E-state index is 0.390. The molecule has 0 aromatic carbocycles. The SMILES string of the molecule is Cc1nnc(C(N)c2ccccn2)o1. The zero-order valence-corrected chi connectivity index (χ0v) is 7.71. The number of nitrogens with two attached hydrogens (primary N) is 1. The lowest BCUT2D eigenvalue weighted by Gasteiger charge is -2.04. The smallest absolute Gasteiger partial charge is 0.239 e. The van der Waals surface area contributed by atoms with Crippen LogP contribution in [-0.2, 0) is 0 Å². The molecule has 1 unspecified atom stereocenters. The highest BCUT2D eigenvalue weighted by Crippen LogP contribution is 2.15. The number of pyridine rings is 1. The summed E-state index contributed by atoms with van der Waals surface area (Å²) in [5, 5.41) is 7.55. The maximum absolute atomic E-state index is 5.87. The van der Waals surface area contributed by atoms with Gasteiger partial charge in [0, 0.05) is 13.1 Å². The van der Waals surface area contributed by atoms with Crippen LogP contribution in [0.2, 0.25) is 0 Å². The predicted octanol–water partition coefficient (Wildman–Crippen LogP) is 0.821.